The molecule has 0 radical (unpaired) electrons. The summed E-state index contributed by atoms with van der Waals surface area (Å²) in [5, 5.41) is 6.08. The molecule has 2 aromatic heterocycles. The van der Waals surface area contributed by atoms with E-state index in [4.69, 9.17) is 4.52 Å². The fraction of sp³-hybridized carbons (Fsp3) is 0.533. The van der Waals surface area contributed by atoms with Gasteiger partial charge in [0.15, 0.2) is 5.82 Å². The van der Waals surface area contributed by atoms with Crippen molar-refractivity contribution < 1.29 is 9.32 Å². The number of rotatable bonds is 5. The second-order valence-electron chi connectivity index (χ2n) is 5.22. The summed E-state index contributed by atoms with van der Waals surface area (Å²) in [5.74, 6) is 1.49. The molecule has 0 N–H and O–H groups in total. The summed E-state index contributed by atoms with van der Waals surface area (Å²) >= 11 is 1.70. The van der Waals surface area contributed by atoms with Crippen molar-refractivity contribution in [2.45, 2.75) is 45.1 Å². The quantitative estimate of drug-likeness (QED) is 0.852. The van der Waals surface area contributed by atoms with Gasteiger partial charge in [0.05, 0.1) is 6.04 Å². The molecule has 5 nitrogen and oxygen atoms in total. The summed E-state index contributed by atoms with van der Waals surface area (Å²) in [6.07, 6.45) is 4.02. The molecule has 0 bridgehead atoms. The average molecular weight is 305 g/mol. The molecule has 0 aromatic carbocycles. The minimum Gasteiger partial charge on any atom is -0.339 e. The lowest BCUT2D eigenvalue weighted by molar-refractivity contribution is -0.132. The number of aryl methyl sites for hydroxylation is 2. The standard InChI is InChI=1S/C15H19N3O2S/c1-2-13-16-15(17-20-13)12-6-3-9-18(12)14(19)8-7-11-5-4-10-21-11/h4-5,10,12H,2-3,6-9H2,1H3/t12-/m0/s1. The van der Waals surface area contributed by atoms with Crippen LogP contribution in [0.1, 0.15) is 48.8 Å². The van der Waals surface area contributed by atoms with Crippen molar-refractivity contribution in [3.05, 3.63) is 34.1 Å². The molecule has 2 aromatic rings. The molecule has 1 amide bonds. The Balaban J connectivity index is 1.64. The zero-order valence-corrected chi connectivity index (χ0v) is 12.9. The van der Waals surface area contributed by atoms with Crippen molar-refractivity contribution in [2.24, 2.45) is 0 Å². The number of aromatic nitrogens is 2. The molecule has 0 unspecified atom stereocenters. The number of hydrogen-bond acceptors (Lipinski definition) is 5. The van der Waals surface area contributed by atoms with E-state index >= 15 is 0 Å². The van der Waals surface area contributed by atoms with E-state index < -0.39 is 0 Å². The number of thiophene rings is 1. The predicted octanol–water partition coefficient (Wildman–Crippen LogP) is 2.99. The van der Waals surface area contributed by atoms with Gasteiger partial charge < -0.3 is 9.42 Å². The molecule has 1 aliphatic rings. The molecular weight excluding hydrogens is 286 g/mol. The van der Waals surface area contributed by atoms with Gasteiger partial charge in [0.25, 0.3) is 0 Å². The third-order valence-electron chi connectivity index (χ3n) is 3.82. The predicted molar refractivity (Wildman–Crippen MR) is 80.0 cm³/mol. The van der Waals surface area contributed by atoms with Gasteiger partial charge in [0.1, 0.15) is 0 Å². The smallest absolute Gasteiger partial charge is 0.226 e. The van der Waals surface area contributed by atoms with Crippen molar-refractivity contribution in [3.8, 4) is 0 Å². The van der Waals surface area contributed by atoms with Crippen LogP contribution in [0, 0.1) is 0 Å². The maximum atomic E-state index is 12.4. The van der Waals surface area contributed by atoms with E-state index in [9.17, 15) is 4.79 Å². The van der Waals surface area contributed by atoms with Crippen LogP contribution in [0.2, 0.25) is 0 Å². The molecule has 1 atom stereocenters. The normalized spacial score (nSPS) is 18.3. The van der Waals surface area contributed by atoms with Crippen LogP contribution in [-0.2, 0) is 17.6 Å². The Hall–Kier alpha value is -1.69. The lowest BCUT2D eigenvalue weighted by Crippen LogP contribution is -2.31. The third kappa shape index (κ3) is 3.15. The maximum absolute atomic E-state index is 12.4. The third-order valence-corrected chi connectivity index (χ3v) is 4.76. The van der Waals surface area contributed by atoms with E-state index in [1.807, 2.05) is 23.3 Å². The second kappa shape index (κ2) is 6.39. The van der Waals surface area contributed by atoms with Crippen LogP contribution in [0.5, 0.6) is 0 Å². The van der Waals surface area contributed by atoms with E-state index in [0.717, 1.165) is 32.2 Å². The van der Waals surface area contributed by atoms with E-state index in [0.29, 0.717) is 18.1 Å². The summed E-state index contributed by atoms with van der Waals surface area (Å²) in [7, 11) is 0. The molecule has 1 aliphatic heterocycles. The molecule has 1 fully saturated rings. The minimum atomic E-state index is -0.00937. The molecule has 0 aliphatic carbocycles. The second-order valence-corrected chi connectivity index (χ2v) is 6.26. The number of carbonyl (C=O) groups is 1. The van der Waals surface area contributed by atoms with Crippen LogP contribution in [-0.4, -0.2) is 27.5 Å². The van der Waals surface area contributed by atoms with Crippen molar-refractivity contribution in [3.63, 3.8) is 0 Å². The topological polar surface area (TPSA) is 59.2 Å². The largest absolute Gasteiger partial charge is 0.339 e. The Morgan fingerprint density at radius 3 is 3.19 bits per heavy atom. The van der Waals surface area contributed by atoms with Crippen LogP contribution in [0.25, 0.3) is 0 Å². The first-order chi connectivity index (χ1) is 10.3. The van der Waals surface area contributed by atoms with Crippen molar-refractivity contribution >= 4 is 17.2 Å². The number of amides is 1. The van der Waals surface area contributed by atoms with Gasteiger partial charge in [-0.05, 0) is 30.7 Å². The first-order valence-corrected chi connectivity index (χ1v) is 8.30. The SMILES string of the molecule is CCc1nc([C@@H]2CCCN2C(=O)CCc2cccs2)no1. The van der Waals surface area contributed by atoms with Gasteiger partial charge in [-0.2, -0.15) is 4.98 Å². The minimum absolute atomic E-state index is 0.00937. The highest BCUT2D eigenvalue weighted by Crippen LogP contribution is 2.31. The highest BCUT2D eigenvalue weighted by molar-refractivity contribution is 7.09. The molecule has 21 heavy (non-hydrogen) atoms. The van der Waals surface area contributed by atoms with Crippen LogP contribution >= 0.6 is 11.3 Å². The summed E-state index contributed by atoms with van der Waals surface area (Å²) in [5.41, 5.74) is 0. The highest BCUT2D eigenvalue weighted by atomic mass is 32.1. The number of likely N-dealkylation sites (tertiary alicyclic amines) is 1. The number of hydrogen-bond donors (Lipinski definition) is 0. The van der Waals surface area contributed by atoms with Crippen LogP contribution in [0.3, 0.4) is 0 Å². The van der Waals surface area contributed by atoms with Crippen molar-refractivity contribution in [1.29, 1.82) is 0 Å². The Kier molecular flexibility index (Phi) is 4.34. The molecule has 0 saturated carbocycles. The van der Waals surface area contributed by atoms with E-state index in [2.05, 4.69) is 16.2 Å². The monoisotopic (exact) mass is 305 g/mol. The van der Waals surface area contributed by atoms with Gasteiger partial charge in [-0.1, -0.05) is 18.1 Å². The van der Waals surface area contributed by atoms with Gasteiger partial charge in [-0.3, -0.25) is 4.79 Å². The first kappa shape index (κ1) is 14.3. The Bertz CT molecular complexity index is 594. The first-order valence-electron chi connectivity index (χ1n) is 7.42. The fourth-order valence-electron chi connectivity index (χ4n) is 2.71. The zero-order valence-electron chi connectivity index (χ0n) is 12.1. The van der Waals surface area contributed by atoms with Crippen LogP contribution < -0.4 is 0 Å². The van der Waals surface area contributed by atoms with Crippen molar-refractivity contribution in [1.82, 2.24) is 15.0 Å². The van der Waals surface area contributed by atoms with E-state index in [1.54, 1.807) is 11.3 Å². The number of nitrogens with zero attached hydrogens (tertiary/aromatic N) is 3. The number of carbonyl (C=O) groups excluding carboxylic acids is 1. The van der Waals surface area contributed by atoms with E-state index in [1.165, 1.54) is 4.88 Å². The molecule has 3 heterocycles. The van der Waals surface area contributed by atoms with E-state index in [-0.39, 0.29) is 11.9 Å². The van der Waals surface area contributed by atoms with Crippen molar-refractivity contribution in [2.75, 3.05) is 6.54 Å². The maximum Gasteiger partial charge on any atom is 0.226 e. The van der Waals surface area contributed by atoms with Gasteiger partial charge >= 0.3 is 0 Å². The van der Waals surface area contributed by atoms with Gasteiger partial charge in [-0.15, -0.1) is 11.3 Å². The Morgan fingerprint density at radius 2 is 2.48 bits per heavy atom. The summed E-state index contributed by atoms with van der Waals surface area (Å²) in [4.78, 5) is 20.0. The molecule has 6 heteroatoms. The molecule has 0 spiro atoms. The summed E-state index contributed by atoms with van der Waals surface area (Å²) < 4.78 is 5.18. The Labute approximate surface area is 128 Å². The van der Waals surface area contributed by atoms with Crippen LogP contribution in [0.15, 0.2) is 22.0 Å². The average Bonchev–Trinajstić information content (AvgIpc) is 3.23. The summed E-state index contributed by atoms with van der Waals surface area (Å²) in [6, 6.07) is 4.09. The lowest BCUT2D eigenvalue weighted by Gasteiger charge is -2.22. The molecule has 3 rings (SSSR count). The lowest BCUT2D eigenvalue weighted by atomic mass is 10.2. The van der Waals surface area contributed by atoms with Gasteiger partial charge in [-0.25, -0.2) is 0 Å². The fourth-order valence-corrected chi connectivity index (χ4v) is 3.42. The molecular formula is C15H19N3O2S. The Morgan fingerprint density at radius 1 is 1.57 bits per heavy atom. The summed E-state index contributed by atoms with van der Waals surface area (Å²) in [6.45, 7) is 2.78. The molecule has 112 valence electrons. The van der Waals surface area contributed by atoms with Gasteiger partial charge in [0, 0.05) is 24.3 Å². The zero-order chi connectivity index (χ0) is 14.7. The molecule has 1 saturated heterocycles. The highest BCUT2D eigenvalue weighted by Gasteiger charge is 2.32. The van der Waals surface area contributed by atoms with Gasteiger partial charge in [0.2, 0.25) is 11.8 Å². The van der Waals surface area contributed by atoms with Crippen LogP contribution in [0.4, 0.5) is 0 Å².